The number of imidazole rings is 1. The molecule has 1 aliphatic rings. The Hall–Kier alpha value is -4.58. The van der Waals surface area contributed by atoms with Crippen molar-refractivity contribution in [1.82, 2.24) is 19.4 Å². The predicted molar refractivity (Wildman–Crippen MR) is 171 cm³/mol. The zero-order valence-corrected chi connectivity index (χ0v) is 26.7. The largest absolute Gasteiger partial charge is 3.00 e. The Morgan fingerprint density at radius 2 is 1.51 bits per heavy atom. The van der Waals surface area contributed by atoms with E-state index in [2.05, 4.69) is 95.8 Å². The molecule has 4 aromatic carbocycles. The van der Waals surface area contributed by atoms with Crippen LogP contribution in [0.3, 0.4) is 0 Å². The Morgan fingerprint density at radius 3 is 2.28 bits per heavy atom. The molecule has 1 aliphatic heterocycles. The number of para-hydroxylation sites is 1. The van der Waals surface area contributed by atoms with Crippen molar-refractivity contribution < 1.29 is 20.1 Å². The van der Waals surface area contributed by atoms with Crippen LogP contribution in [0.4, 0.5) is 17.3 Å². The van der Waals surface area contributed by atoms with E-state index in [4.69, 9.17) is 4.98 Å². The number of pyridine rings is 1. The molecule has 0 atom stereocenters. The van der Waals surface area contributed by atoms with Crippen molar-refractivity contribution in [2.24, 2.45) is 0 Å². The first-order valence-corrected chi connectivity index (χ1v) is 13.9. The number of aryl methyl sites for hydroxylation is 3. The van der Waals surface area contributed by atoms with Gasteiger partial charge in [-0.1, -0.05) is 41.3 Å². The van der Waals surface area contributed by atoms with E-state index in [9.17, 15) is 0 Å². The molecule has 0 spiro atoms. The number of benzene rings is 4. The maximum Gasteiger partial charge on any atom is 3.00 e. The molecule has 7 heteroatoms. The molecule has 43 heavy (non-hydrogen) atoms. The Morgan fingerprint density at radius 1 is 0.744 bits per heavy atom. The van der Waals surface area contributed by atoms with Crippen LogP contribution < -0.4 is 9.80 Å². The second-order valence-electron chi connectivity index (χ2n) is 10.6. The van der Waals surface area contributed by atoms with Crippen molar-refractivity contribution in [2.75, 3.05) is 16.8 Å². The minimum Gasteiger partial charge on any atom is -0.487 e. The van der Waals surface area contributed by atoms with Crippen LogP contribution >= 0.6 is 0 Å². The summed E-state index contributed by atoms with van der Waals surface area (Å²) >= 11 is 0. The molecule has 212 valence electrons. The molecule has 0 aliphatic carbocycles. The van der Waals surface area contributed by atoms with Gasteiger partial charge in [0.25, 0.3) is 0 Å². The molecule has 0 fully saturated rings. The van der Waals surface area contributed by atoms with Crippen LogP contribution in [-0.2, 0) is 20.1 Å². The third kappa shape index (κ3) is 4.95. The van der Waals surface area contributed by atoms with Gasteiger partial charge in [-0.2, -0.15) is 30.3 Å². The number of rotatable bonds is 2. The SMILES string of the molecule is CN1[CH-]N(c2[c-]cccc2)c2nccnc21.Cc1ccc2c(c1)c1ccc[c-]c1c1ncc(-c3c(C)cccc3C)n21.[Ir+3]. The molecule has 3 aromatic heterocycles. The van der Waals surface area contributed by atoms with Crippen LogP contribution in [0.2, 0.25) is 0 Å². The normalized spacial score (nSPS) is 12.3. The fraction of sp³-hybridized carbons (Fsp3) is 0.111. The molecule has 0 saturated carbocycles. The summed E-state index contributed by atoms with van der Waals surface area (Å²) in [6.45, 7) is 8.43. The summed E-state index contributed by atoms with van der Waals surface area (Å²) in [4.78, 5) is 17.4. The van der Waals surface area contributed by atoms with E-state index in [-0.39, 0.29) is 20.1 Å². The van der Waals surface area contributed by atoms with Crippen LogP contribution in [0.1, 0.15) is 16.7 Å². The van der Waals surface area contributed by atoms with Gasteiger partial charge in [-0.05, 0) is 50.4 Å². The summed E-state index contributed by atoms with van der Waals surface area (Å²) in [5, 5.41) is 3.52. The maximum atomic E-state index is 4.81. The van der Waals surface area contributed by atoms with E-state index in [1.807, 2.05) is 60.0 Å². The van der Waals surface area contributed by atoms with Crippen LogP contribution in [0.5, 0.6) is 0 Å². The summed E-state index contributed by atoms with van der Waals surface area (Å²) in [5.41, 5.74) is 9.32. The molecular weight excluding hydrogens is 709 g/mol. The van der Waals surface area contributed by atoms with Crippen LogP contribution in [0.15, 0.2) is 97.5 Å². The summed E-state index contributed by atoms with van der Waals surface area (Å²) in [6.07, 6.45) is 5.40. The number of fused-ring (bicyclic) bond motifs is 7. The first kappa shape index (κ1) is 28.5. The van der Waals surface area contributed by atoms with E-state index in [0.29, 0.717) is 0 Å². The van der Waals surface area contributed by atoms with Crippen LogP contribution in [0.25, 0.3) is 38.6 Å². The number of hydrogen-bond acceptors (Lipinski definition) is 5. The maximum absolute atomic E-state index is 4.81. The fourth-order valence-electron chi connectivity index (χ4n) is 5.81. The van der Waals surface area contributed by atoms with Crippen LogP contribution in [0, 0.1) is 39.6 Å². The second-order valence-corrected chi connectivity index (χ2v) is 10.6. The molecule has 0 radical (unpaired) electrons. The fourth-order valence-corrected chi connectivity index (χ4v) is 5.81. The quantitative estimate of drug-likeness (QED) is 0.133. The van der Waals surface area contributed by atoms with Crippen molar-refractivity contribution in [2.45, 2.75) is 20.8 Å². The zero-order valence-electron chi connectivity index (χ0n) is 24.3. The second kappa shape index (κ2) is 11.6. The number of hydrogen-bond donors (Lipinski definition) is 0. The Labute approximate surface area is 265 Å². The standard InChI is InChI=1S/C24H19N2.C12H10N4.Ir/c1-15-11-12-21-20(13-15)18-9-4-5-10-19(18)24-25-14-22(26(21)24)23-16(2)7-6-8-17(23)3;1-15-9-16(10-5-3-2-4-6-10)12-11(15)13-7-8-14-12;/h4-9,11-14H,1-3H3;2-5,7-9H,1H3;/q-1;-2;+3. The molecule has 0 amide bonds. The first-order chi connectivity index (χ1) is 20.5. The van der Waals surface area contributed by atoms with Crippen LogP contribution in [-0.4, -0.2) is 26.4 Å². The molecule has 6 nitrogen and oxygen atoms in total. The molecule has 7 aromatic rings. The van der Waals surface area contributed by atoms with Gasteiger partial charge in [-0.25, -0.2) is 9.97 Å². The summed E-state index contributed by atoms with van der Waals surface area (Å²) < 4.78 is 2.29. The molecule has 0 N–H and O–H groups in total. The van der Waals surface area contributed by atoms with Gasteiger partial charge < -0.3 is 14.2 Å². The Balaban J connectivity index is 0.000000167. The minimum absolute atomic E-state index is 0. The van der Waals surface area contributed by atoms with E-state index in [1.54, 1.807) is 12.4 Å². The Kier molecular flexibility index (Phi) is 7.70. The van der Waals surface area contributed by atoms with Gasteiger partial charge in [0.2, 0.25) is 0 Å². The van der Waals surface area contributed by atoms with Gasteiger partial charge in [0.15, 0.2) is 0 Å². The van der Waals surface area contributed by atoms with Gasteiger partial charge in [0.05, 0.1) is 11.3 Å². The van der Waals surface area contributed by atoms with Crippen molar-refractivity contribution in [3.8, 4) is 11.3 Å². The summed E-state index contributed by atoms with van der Waals surface area (Å²) in [7, 11) is 1.95. The number of nitrogens with zero attached hydrogens (tertiary/aromatic N) is 6. The predicted octanol–water partition coefficient (Wildman–Crippen LogP) is 8.01. The van der Waals surface area contributed by atoms with Gasteiger partial charge in [0.1, 0.15) is 11.6 Å². The third-order valence-corrected chi connectivity index (χ3v) is 7.73. The molecule has 0 bridgehead atoms. The third-order valence-electron chi connectivity index (χ3n) is 7.73. The van der Waals surface area contributed by atoms with Gasteiger partial charge >= 0.3 is 20.1 Å². The van der Waals surface area contributed by atoms with Gasteiger partial charge in [-0.3, -0.25) is 4.98 Å². The number of anilines is 3. The average molecular weight is 738 g/mol. The average Bonchev–Trinajstić information content (AvgIpc) is 3.60. The van der Waals surface area contributed by atoms with Crippen molar-refractivity contribution in [3.05, 3.63) is 133 Å². The van der Waals surface area contributed by atoms with Gasteiger partial charge in [-0.15, -0.1) is 42.0 Å². The van der Waals surface area contributed by atoms with Crippen molar-refractivity contribution >= 4 is 44.6 Å². The molecule has 8 rings (SSSR count). The molecule has 0 saturated heterocycles. The zero-order chi connectivity index (χ0) is 28.8. The van der Waals surface area contributed by atoms with Crippen molar-refractivity contribution in [1.29, 1.82) is 0 Å². The van der Waals surface area contributed by atoms with E-state index in [1.165, 1.54) is 38.5 Å². The van der Waals surface area contributed by atoms with E-state index in [0.717, 1.165) is 34.1 Å². The number of aromatic nitrogens is 4. The molecule has 4 heterocycles. The smallest absolute Gasteiger partial charge is 0.487 e. The Bertz CT molecular complexity index is 2070. The molecule has 0 unspecified atom stereocenters. The van der Waals surface area contributed by atoms with Gasteiger partial charge in [0, 0.05) is 29.7 Å². The monoisotopic (exact) mass is 738 g/mol. The minimum atomic E-state index is 0. The summed E-state index contributed by atoms with van der Waals surface area (Å²) in [6, 6.07) is 33.7. The van der Waals surface area contributed by atoms with E-state index >= 15 is 0 Å². The molecular formula is C36H29IrN6. The van der Waals surface area contributed by atoms with E-state index < -0.39 is 0 Å². The van der Waals surface area contributed by atoms with Crippen molar-refractivity contribution in [3.63, 3.8) is 0 Å². The topological polar surface area (TPSA) is 49.6 Å². The summed E-state index contributed by atoms with van der Waals surface area (Å²) in [5.74, 6) is 1.70. The first-order valence-electron chi connectivity index (χ1n) is 13.9.